The zero-order valence-electron chi connectivity index (χ0n) is 13.2. The molecule has 1 aromatic heterocycles. The first kappa shape index (κ1) is 15.7. The maximum atomic E-state index is 11.9. The molecule has 3 rings (SSSR count). The van der Waals surface area contributed by atoms with Crippen LogP contribution in [0.3, 0.4) is 0 Å². The van der Waals surface area contributed by atoms with Crippen LogP contribution in [-0.4, -0.2) is 34.1 Å². The van der Waals surface area contributed by atoms with E-state index in [0.717, 1.165) is 11.1 Å². The van der Waals surface area contributed by atoms with E-state index in [1.807, 2.05) is 24.3 Å². The Morgan fingerprint density at radius 1 is 1.22 bits per heavy atom. The van der Waals surface area contributed by atoms with Crippen molar-refractivity contribution in [3.8, 4) is 11.3 Å². The van der Waals surface area contributed by atoms with Gasteiger partial charge in [0.25, 0.3) is 0 Å². The van der Waals surface area contributed by atoms with Crippen LogP contribution in [0.5, 0.6) is 0 Å². The van der Waals surface area contributed by atoms with E-state index >= 15 is 0 Å². The van der Waals surface area contributed by atoms with Gasteiger partial charge in [-0.2, -0.15) is 10.3 Å². The van der Waals surface area contributed by atoms with Gasteiger partial charge in [-0.15, -0.1) is 5.10 Å². The second-order valence-corrected chi connectivity index (χ2v) is 5.66. The third-order valence-corrected chi connectivity index (χ3v) is 4.03. The molecule has 0 aliphatic heterocycles. The van der Waals surface area contributed by atoms with Gasteiger partial charge in [0.2, 0.25) is 0 Å². The van der Waals surface area contributed by atoms with Gasteiger partial charge in [-0.25, -0.2) is 4.79 Å². The molecule has 23 heavy (non-hydrogen) atoms. The molecule has 0 spiro atoms. The lowest BCUT2D eigenvalue weighted by atomic mass is 10.1. The van der Waals surface area contributed by atoms with E-state index in [4.69, 9.17) is 9.47 Å². The Labute approximate surface area is 135 Å². The summed E-state index contributed by atoms with van der Waals surface area (Å²) in [7, 11) is 0. The molecule has 1 saturated carbocycles. The van der Waals surface area contributed by atoms with Crippen molar-refractivity contribution in [3.05, 3.63) is 35.5 Å². The Hall–Kier alpha value is -2.21. The molecule has 1 N–H and O–H groups in total. The lowest BCUT2D eigenvalue weighted by Gasteiger charge is -2.11. The number of ether oxygens (including phenoxy) is 2. The number of benzene rings is 1. The molecule has 122 valence electrons. The third kappa shape index (κ3) is 3.76. The van der Waals surface area contributed by atoms with Crippen LogP contribution >= 0.6 is 0 Å². The maximum absolute atomic E-state index is 11.9. The molecule has 0 amide bonds. The highest BCUT2D eigenvalue weighted by atomic mass is 16.5. The number of rotatable bonds is 6. The van der Waals surface area contributed by atoms with Crippen LogP contribution in [0.15, 0.2) is 24.3 Å². The number of carbonyl (C=O) groups excluding carboxylic acids is 1. The molecule has 6 heteroatoms. The van der Waals surface area contributed by atoms with Crippen LogP contribution < -0.4 is 0 Å². The molecule has 0 atom stereocenters. The lowest BCUT2D eigenvalue weighted by Crippen LogP contribution is -2.07. The van der Waals surface area contributed by atoms with E-state index in [0.29, 0.717) is 25.0 Å². The van der Waals surface area contributed by atoms with Gasteiger partial charge < -0.3 is 9.47 Å². The van der Waals surface area contributed by atoms with Crippen molar-refractivity contribution in [2.75, 3.05) is 6.61 Å². The first-order chi connectivity index (χ1) is 11.3. The Balaban J connectivity index is 1.67. The fourth-order valence-corrected chi connectivity index (χ4v) is 2.80. The number of esters is 1. The summed E-state index contributed by atoms with van der Waals surface area (Å²) in [6.45, 7) is 2.69. The number of H-pyrrole nitrogens is 1. The summed E-state index contributed by atoms with van der Waals surface area (Å²) in [5, 5.41) is 10.4. The summed E-state index contributed by atoms with van der Waals surface area (Å²) in [5.41, 5.74) is 2.65. The molecule has 1 aliphatic carbocycles. The normalized spacial score (nSPS) is 15.0. The van der Waals surface area contributed by atoms with Gasteiger partial charge in [0.05, 0.1) is 19.3 Å². The van der Waals surface area contributed by atoms with Crippen LogP contribution in [-0.2, 0) is 16.1 Å². The van der Waals surface area contributed by atoms with E-state index in [1.165, 1.54) is 25.7 Å². The number of carbonyl (C=O) groups is 1. The highest BCUT2D eigenvalue weighted by Crippen LogP contribution is 2.24. The summed E-state index contributed by atoms with van der Waals surface area (Å²) in [6.07, 6.45) is 5.28. The molecule has 1 heterocycles. The fourth-order valence-electron chi connectivity index (χ4n) is 2.80. The lowest BCUT2D eigenvalue weighted by molar-refractivity contribution is 0.0457. The van der Waals surface area contributed by atoms with Crippen molar-refractivity contribution in [2.24, 2.45) is 0 Å². The Morgan fingerprint density at radius 2 is 1.96 bits per heavy atom. The number of hydrogen-bond acceptors (Lipinski definition) is 5. The van der Waals surface area contributed by atoms with E-state index in [9.17, 15) is 4.79 Å². The van der Waals surface area contributed by atoms with Gasteiger partial charge in [-0.3, -0.25) is 0 Å². The minimum Gasteiger partial charge on any atom is -0.461 e. The van der Waals surface area contributed by atoms with Crippen LogP contribution in [0, 0.1) is 0 Å². The molecule has 0 saturated heterocycles. The summed E-state index contributed by atoms with van der Waals surface area (Å²) < 4.78 is 10.9. The van der Waals surface area contributed by atoms with Gasteiger partial charge >= 0.3 is 5.97 Å². The molecule has 0 radical (unpaired) electrons. The molecule has 0 bridgehead atoms. The number of hydrogen-bond donors (Lipinski definition) is 1. The van der Waals surface area contributed by atoms with Gasteiger partial charge in [0.15, 0.2) is 5.69 Å². The second kappa shape index (κ2) is 7.37. The number of aromatic amines is 1. The molecular weight excluding hydrogens is 294 g/mol. The maximum Gasteiger partial charge on any atom is 0.361 e. The van der Waals surface area contributed by atoms with Crippen molar-refractivity contribution in [3.63, 3.8) is 0 Å². The topological polar surface area (TPSA) is 77.1 Å². The van der Waals surface area contributed by atoms with E-state index < -0.39 is 5.97 Å². The molecule has 1 fully saturated rings. The Morgan fingerprint density at radius 3 is 2.65 bits per heavy atom. The van der Waals surface area contributed by atoms with Crippen molar-refractivity contribution in [2.45, 2.75) is 45.3 Å². The summed E-state index contributed by atoms with van der Waals surface area (Å²) in [5.74, 6) is -0.468. The molecule has 6 nitrogen and oxygen atoms in total. The third-order valence-electron chi connectivity index (χ3n) is 4.03. The molecule has 1 aliphatic rings. The number of aromatic nitrogens is 3. The first-order valence-electron chi connectivity index (χ1n) is 8.06. The standard InChI is InChI=1S/C17H21N3O3/c1-2-22-17(21)16-15(18-20-19-16)13-9-7-12(8-10-13)11-23-14-5-3-4-6-14/h7-10,14H,2-6,11H2,1H3,(H,18,19,20). The van der Waals surface area contributed by atoms with Gasteiger partial charge in [-0.1, -0.05) is 37.1 Å². The van der Waals surface area contributed by atoms with Crippen LogP contribution in [0.25, 0.3) is 11.3 Å². The molecule has 2 aromatic rings. The van der Waals surface area contributed by atoms with Crippen LogP contribution in [0.2, 0.25) is 0 Å². The van der Waals surface area contributed by atoms with Gasteiger partial charge in [-0.05, 0) is 25.3 Å². The SMILES string of the molecule is CCOC(=O)c1n[nH]nc1-c1ccc(COC2CCCC2)cc1. The van der Waals surface area contributed by atoms with Gasteiger partial charge in [0.1, 0.15) is 5.69 Å². The molecular formula is C17H21N3O3. The van der Waals surface area contributed by atoms with Crippen molar-refractivity contribution in [1.82, 2.24) is 15.4 Å². The quantitative estimate of drug-likeness (QED) is 0.829. The average molecular weight is 315 g/mol. The highest BCUT2D eigenvalue weighted by Gasteiger charge is 2.19. The Kier molecular flexibility index (Phi) is 5.02. The van der Waals surface area contributed by atoms with Crippen molar-refractivity contribution >= 4 is 5.97 Å². The second-order valence-electron chi connectivity index (χ2n) is 5.66. The monoisotopic (exact) mass is 315 g/mol. The predicted octanol–water partition coefficient (Wildman–Crippen LogP) is 3.11. The van der Waals surface area contributed by atoms with Crippen molar-refractivity contribution in [1.29, 1.82) is 0 Å². The van der Waals surface area contributed by atoms with E-state index in [2.05, 4.69) is 15.4 Å². The summed E-state index contributed by atoms with van der Waals surface area (Å²) >= 11 is 0. The molecule has 1 aromatic carbocycles. The van der Waals surface area contributed by atoms with E-state index in [1.54, 1.807) is 6.92 Å². The zero-order chi connectivity index (χ0) is 16.1. The smallest absolute Gasteiger partial charge is 0.361 e. The minimum absolute atomic E-state index is 0.210. The summed E-state index contributed by atoms with van der Waals surface area (Å²) in [6, 6.07) is 7.84. The number of nitrogens with one attached hydrogen (secondary N) is 1. The van der Waals surface area contributed by atoms with Gasteiger partial charge in [0, 0.05) is 5.56 Å². The molecule has 0 unspecified atom stereocenters. The Bertz CT molecular complexity index is 645. The minimum atomic E-state index is -0.468. The fraction of sp³-hybridized carbons (Fsp3) is 0.471. The van der Waals surface area contributed by atoms with Crippen molar-refractivity contribution < 1.29 is 14.3 Å². The zero-order valence-corrected chi connectivity index (χ0v) is 13.2. The van der Waals surface area contributed by atoms with Crippen LogP contribution in [0.4, 0.5) is 0 Å². The summed E-state index contributed by atoms with van der Waals surface area (Å²) in [4.78, 5) is 11.9. The number of nitrogens with zero attached hydrogens (tertiary/aromatic N) is 2. The average Bonchev–Trinajstić information content (AvgIpc) is 3.25. The largest absolute Gasteiger partial charge is 0.461 e. The predicted molar refractivity (Wildman–Crippen MR) is 84.8 cm³/mol. The van der Waals surface area contributed by atoms with E-state index in [-0.39, 0.29) is 5.69 Å². The first-order valence-corrected chi connectivity index (χ1v) is 8.06. The highest BCUT2D eigenvalue weighted by molar-refractivity contribution is 5.93. The van der Waals surface area contributed by atoms with Crippen LogP contribution in [0.1, 0.15) is 48.7 Å².